The molecular weight excluding hydrogens is 295 g/mol. The van der Waals surface area contributed by atoms with Crippen molar-refractivity contribution in [3.63, 3.8) is 0 Å². The number of carbonyl (C=O) groups is 2. The molecule has 3 unspecified atom stereocenters. The molecule has 3 N–H and O–H groups in total. The normalized spacial score (nSPS) is 15.1. The quantitative estimate of drug-likeness (QED) is 0.601. The first-order valence-corrected chi connectivity index (χ1v) is 8.06. The maximum absolute atomic E-state index is 11.5. The molecule has 1 aromatic carbocycles. The first-order chi connectivity index (χ1) is 9.91. The number of aliphatic carboxylic acids is 2. The summed E-state index contributed by atoms with van der Waals surface area (Å²) in [6, 6.07) is 9.25. The Morgan fingerprint density at radius 2 is 1.71 bits per heavy atom. The van der Waals surface area contributed by atoms with Gasteiger partial charge in [-0.25, -0.2) is 0 Å². The molecule has 3 atom stereocenters. The second-order valence-electron chi connectivity index (χ2n) is 4.85. The topological polar surface area (TPSA) is 112 Å². The zero-order valence-corrected chi connectivity index (χ0v) is 12.4. The van der Waals surface area contributed by atoms with Crippen LogP contribution in [0.2, 0.25) is 0 Å². The summed E-state index contributed by atoms with van der Waals surface area (Å²) in [6.07, 6.45) is 0.267. The zero-order valence-electron chi connectivity index (χ0n) is 11.4. The van der Waals surface area contributed by atoms with Gasteiger partial charge in [0.25, 0.3) is 0 Å². The molecule has 0 aliphatic carbocycles. The van der Waals surface area contributed by atoms with Gasteiger partial charge in [0.05, 0.1) is 5.92 Å². The fraction of sp³-hybridized carbons (Fsp3) is 0.429. The van der Waals surface area contributed by atoms with Crippen molar-refractivity contribution >= 4 is 20.0 Å². The van der Waals surface area contributed by atoms with Crippen LogP contribution in [0.3, 0.4) is 0 Å². The number of aryl methyl sites for hydroxylation is 1. The summed E-state index contributed by atoms with van der Waals surface area (Å²) < 4.78 is 11.5. The first kappa shape index (κ1) is 17.4. The standard InChI is InChI=1S/C14H19O6P/c15-13(16)9-7-11(14(17)18)12(21(19)20)8-6-10-4-2-1-3-5-10/h1-5,11-12,21H,6-9H2,(H,15,16)(H,17,18)(H,19,20). The summed E-state index contributed by atoms with van der Waals surface area (Å²) in [7, 11) is -3.06. The van der Waals surface area contributed by atoms with Crippen LogP contribution in [0.25, 0.3) is 0 Å². The predicted octanol–water partition coefficient (Wildman–Crippen LogP) is 2.02. The molecule has 1 aromatic rings. The van der Waals surface area contributed by atoms with Gasteiger partial charge in [-0.05, 0) is 24.8 Å². The molecule has 0 bridgehead atoms. The minimum absolute atomic E-state index is 0.138. The molecule has 1 rings (SSSR count). The van der Waals surface area contributed by atoms with Gasteiger partial charge in [0.15, 0.2) is 8.03 Å². The SMILES string of the molecule is O=C(O)CCC(C(=O)O)C(CCc1ccccc1)[PH](=O)O. The smallest absolute Gasteiger partial charge is 0.307 e. The van der Waals surface area contributed by atoms with Gasteiger partial charge in [-0.1, -0.05) is 30.3 Å². The zero-order chi connectivity index (χ0) is 15.8. The van der Waals surface area contributed by atoms with E-state index in [0.717, 1.165) is 5.56 Å². The molecule has 0 radical (unpaired) electrons. The molecule has 0 fully saturated rings. The molecule has 0 amide bonds. The van der Waals surface area contributed by atoms with E-state index in [2.05, 4.69) is 0 Å². The number of rotatable bonds is 9. The highest BCUT2D eigenvalue weighted by molar-refractivity contribution is 7.39. The first-order valence-electron chi connectivity index (χ1n) is 6.63. The van der Waals surface area contributed by atoms with Gasteiger partial charge in [-0.15, -0.1) is 0 Å². The van der Waals surface area contributed by atoms with Gasteiger partial charge in [0, 0.05) is 12.1 Å². The van der Waals surface area contributed by atoms with Crippen LogP contribution < -0.4 is 0 Å². The van der Waals surface area contributed by atoms with E-state index in [0.29, 0.717) is 6.42 Å². The summed E-state index contributed by atoms with van der Waals surface area (Å²) in [5.41, 5.74) is 0.0418. The van der Waals surface area contributed by atoms with Crippen molar-refractivity contribution in [3.05, 3.63) is 35.9 Å². The van der Waals surface area contributed by atoms with Crippen molar-refractivity contribution in [1.29, 1.82) is 0 Å². The van der Waals surface area contributed by atoms with Crippen molar-refractivity contribution < 1.29 is 29.3 Å². The molecule has 6 nitrogen and oxygen atoms in total. The Kier molecular flexibility index (Phi) is 7.12. The number of carboxylic acid groups (broad SMARTS) is 2. The van der Waals surface area contributed by atoms with E-state index in [1.54, 1.807) is 0 Å². The van der Waals surface area contributed by atoms with E-state index < -0.39 is 31.5 Å². The summed E-state index contributed by atoms with van der Waals surface area (Å²) in [5.74, 6) is -3.44. The molecule has 0 aromatic heterocycles. The molecular formula is C14H19O6P. The number of benzene rings is 1. The molecule has 0 saturated heterocycles. The second kappa shape index (κ2) is 8.60. The van der Waals surface area contributed by atoms with Crippen LogP contribution in [0.5, 0.6) is 0 Å². The van der Waals surface area contributed by atoms with Crippen LogP contribution >= 0.6 is 8.03 Å². The average Bonchev–Trinajstić information content (AvgIpc) is 2.42. The van der Waals surface area contributed by atoms with Crippen molar-refractivity contribution in [2.24, 2.45) is 5.92 Å². The lowest BCUT2D eigenvalue weighted by molar-refractivity contribution is -0.143. The predicted molar refractivity (Wildman–Crippen MR) is 77.8 cm³/mol. The number of carboxylic acids is 2. The van der Waals surface area contributed by atoms with Gasteiger partial charge in [0.2, 0.25) is 0 Å². The van der Waals surface area contributed by atoms with Crippen LogP contribution in [0.15, 0.2) is 30.3 Å². The fourth-order valence-corrected chi connectivity index (χ4v) is 3.28. The Balaban J connectivity index is 2.74. The summed E-state index contributed by atoms with van der Waals surface area (Å²) in [6.45, 7) is 0. The lowest BCUT2D eigenvalue weighted by atomic mass is 9.94. The summed E-state index contributed by atoms with van der Waals surface area (Å²) >= 11 is 0. The molecule has 7 heteroatoms. The third kappa shape index (κ3) is 6.10. The Morgan fingerprint density at radius 1 is 1.10 bits per heavy atom. The lowest BCUT2D eigenvalue weighted by Gasteiger charge is -2.21. The third-order valence-electron chi connectivity index (χ3n) is 3.38. The fourth-order valence-electron chi connectivity index (χ4n) is 2.24. The van der Waals surface area contributed by atoms with Gasteiger partial charge < -0.3 is 15.1 Å². The van der Waals surface area contributed by atoms with Crippen LogP contribution in [0.4, 0.5) is 0 Å². The molecule has 0 aliphatic rings. The molecule has 0 aliphatic heterocycles. The van der Waals surface area contributed by atoms with Crippen LogP contribution in [-0.4, -0.2) is 32.7 Å². The van der Waals surface area contributed by atoms with Gasteiger partial charge in [-0.2, -0.15) is 0 Å². The Labute approximate surface area is 123 Å². The van der Waals surface area contributed by atoms with Gasteiger partial charge in [0.1, 0.15) is 0 Å². The van der Waals surface area contributed by atoms with Crippen LogP contribution in [0.1, 0.15) is 24.8 Å². The molecule has 0 heterocycles. The van der Waals surface area contributed by atoms with Crippen molar-refractivity contribution in [3.8, 4) is 0 Å². The van der Waals surface area contributed by atoms with E-state index in [1.165, 1.54) is 0 Å². The number of hydrogen-bond donors (Lipinski definition) is 3. The minimum Gasteiger partial charge on any atom is -0.481 e. The summed E-state index contributed by atoms with van der Waals surface area (Å²) in [4.78, 5) is 31.2. The monoisotopic (exact) mass is 314 g/mol. The van der Waals surface area contributed by atoms with Crippen LogP contribution in [0, 0.1) is 5.92 Å². The van der Waals surface area contributed by atoms with Gasteiger partial charge in [-0.3, -0.25) is 14.2 Å². The van der Waals surface area contributed by atoms with Gasteiger partial charge >= 0.3 is 11.9 Å². The lowest BCUT2D eigenvalue weighted by Crippen LogP contribution is -2.27. The largest absolute Gasteiger partial charge is 0.481 e. The maximum Gasteiger partial charge on any atom is 0.307 e. The Hall–Kier alpha value is -1.65. The third-order valence-corrected chi connectivity index (χ3v) is 4.70. The van der Waals surface area contributed by atoms with E-state index >= 15 is 0 Å². The highest BCUT2D eigenvalue weighted by Gasteiger charge is 2.31. The molecule has 21 heavy (non-hydrogen) atoms. The minimum atomic E-state index is -3.06. The number of hydrogen-bond acceptors (Lipinski definition) is 3. The van der Waals surface area contributed by atoms with Crippen LogP contribution in [-0.2, 0) is 20.6 Å². The highest BCUT2D eigenvalue weighted by Crippen LogP contribution is 2.35. The van der Waals surface area contributed by atoms with E-state index in [4.69, 9.17) is 5.11 Å². The van der Waals surface area contributed by atoms with E-state index in [9.17, 15) is 24.2 Å². The Morgan fingerprint density at radius 3 is 2.19 bits per heavy atom. The van der Waals surface area contributed by atoms with E-state index in [1.807, 2.05) is 30.3 Å². The van der Waals surface area contributed by atoms with Crippen molar-refractivity contribution in [2.45, 2.75) is 31.3 Å². The van der Waals surface area contributed by atoms with Crippen molar-refractivity contribution in [2.75, 3.05) is 0 Å². The van der Waals surface area contributed by atoms with Crippen molar-refractivity contribution in [1.82, 2.24) is 0 Å². The molecule has 116 valence electrons. The molecule has 0 saturated carbocycles. The summed E-state index contributed by atoms with van der Waals surface area (Å²) in [5, 5.41) is 17.8. The molecule has 0 spiro atoms. The van der Waals surface area contributed by atoms with E-state index in [-0.39, 0.29) is 19.3 Å². The second-order valence-corrected chi connectivity index (χ2v) is 6.26. The maximum atomic E-state index is 11.5. The highest BCUT2D eigenvalue weighted by atomic mass is 31.1. The average molecular weight is 314 g/mol. The Bertz CT molecular complexity index is 501.